The molecule has 1 aromatic heterocycles. The third-order valence-corrected chi connectivity index (χ3v) is 1.88. The van der Waals surface area contributed by atoms with Gasteiger partial charge in [-0.25, -0.2) is 4.79 Å². The van der Waals surface area contributed by atoms with E-state index in [1.165, 1.54) is 6.08 Å². The van der Waals surface area contributed by atoms with Gasteiger partial charge in [0, 0.05) is 11.6 Å². The maximum Gasteiger partial charge on any atom is 0.331 e. The van der Waals surface area contributed by atoms with Crippen molar-refractivity contribution in [1.29, 1.82) is 0 Å². The molecule has 0 aliphatic carbocycles. The summed E-state index contributed by atoms with van der Waals surface area (Å²) in [5.74, 6) is 0.324. The van der Waals surface area contributed by atoms with Crippen LogP contribution in [0.25, 0.3) is 6.08 Å². The lowest BCUT2D eigenvalue weighted by Gasteiger charge is -2.17. The minimum atomic E-state index is -0.472. The summed E-state index contributed by atoms with van der Waals surface area (Å²) in [5.41, 5.74) is 1.11. The summed E-state index contributed by atoms with van der Waals surface area (Å²) in [6.45, 7) is 9.11. The molecule has 0 unspecified atom stereocenters. The van der Waals surface area contributed by atoms with Crippen LogP contribution in [0, 0.1) is 13.8 Å². The molecule has 0 saturated carbocycles. The first kappa shape index (κ1) is 12.5. The Kier molecular flexibility index (Phi) is 3.52. The van der Waals surface area contributed by atoms with Gasteiger partial charge in [0.05, 0.1) is 5.69 Å². The third-order valence-electron chi connectivity index (χ3n) is 1.88. The summed E-state index contributed by atoms with van der Waals surface area (Å²) < 4.78 is 10.1. The van der Waals surface area contributed by atoms with E-state index < -0.39 is 5.60 Å². The standard InChI is InChI=1S/C12H17NO3/c1-8-10(9(2)16-13-8)6-7-11(14)15-12(3,4)5/h6-7H,1-5H3/b7-6+. The SMILES string of the molecule is Cc1noc(C)c1/C=C/C(=O)OC(C)(C)C. The number of hydrogen-bond donors (Lipinski definition) is 0. The van der Waals surface area contributed by atoms with Gasteiger partial charge in [-0.3, -0.25) is 0 Å². The second-order valence-corrected chi connectivity index (χ2v) is 4.60. The Morgan fingerprint density at radius 2 is 2.00 bits per heavy atom. The quantitative estimate of drug-likeness (QED) is 0.571. The van der Waals surface area contributed by atoms with E-state index >= 15 is 0 Å². The molecule has 0 aliphatic rings. The first-order valence-corrected chi connectivity index (χ1v) is 5.13. The number of aryl methyl sites for hydroxylation is 2. The number of carbonyl (C=O) groups excluding carboxylic acids is 1. The van der Waals surface area contributed by atoms with Crippen molar-refractivity contribution >= 4 is 12.0 Å². The molecule has 0 aliphatic heterocycles. The van der Waals surface area contributed by atoms with Gasteiger partial charge >= 0.3 is 5.97 Å². The maximum atomic E-state index is 11.4. The second-order valence-electron chi connectivity index (χ2n) is 4.60. The molecule has 4 nitrogen and oxygen atoms in total. The van der Waals surface area contributed by atoms with E-state index in [9.17, 15) is 4.79 Å². The average molecular weight is 223 g/mol. The fourth-order valence-electron chi connectivity index (χ4n) is 1.22. The summed E-state index contributed by atoms with van der Waals surface area (Å²) in [4.78, 5) is 11.4. The molecule has 1 rings (SSSR count). The molecule has 0 amide bonds. The maximum absolute atomic E-state index is 11.4. The molecule has 1 heterocycles. The Hall–Kier alpha value is -1.58. The zero-order valence-electron chi connectivity index (χ0n) is 10.3. The van der Waals surface area contributed by atoms with Crippen molar-refractivity contribution in [2.24, 2.45) is 0 Å². The number of rotatable bonds is 2. The highest BCUT2D eigenvalue weighted by molar-refractivity contribution is 5.87. The Morgan fingerprint density at radius 3 is 2.44 bits per heavy atom. The number of nitrogens with zero attached hydrogens (tertiary/aromatic N) is 1. The van der Waals surface area contributed by atoms with E-state index in [-0.39, 0.29) is 5.97 Å². The minimum absolute atomic E-state index is 0.368. The van der Waals surface area contributed by atoms with Crippen molar-refractivity contribution in [3.8, 4) is 0 Å². The minimum Gasteiger partial charge on any atom is -0.457 e. The molecule has 0 N–H and O–H groups in total. The van der Waals surface area contributed by atoms with Crippen molar-refractivity contribution < 1.29 is 14.1 Å². The average Bonchev–Trinajstić information content (AvgIpc) is 2.41. The van der Waals surface area contributed by atoms with Crippen LogP contribution in [0.1, 0.15) is 37.8 Å². The molecular formula is C12H17NO3. The largest absolute Gasteiger partial charge is 0.457 e. The molecule has 16 heavy (non-hydrogen) atoms. The van der Waals surface area contributed by atoms with Crippen LogP contribution >= 0.6 is 0 Å². The van der Waals surface area contributed by atoms with Crippen molar-refractivity contribution in [2.45, 2.75) is 40.2 Å². The highest BCUT2D eigenvalue weighted by Crippen LogP contribution is 2.14. The monoisotopic (exact) mass is 223 g/mol. The zero-order valence-corrected chi connectivity index (χ0v) is 10.3. The summed E-state index contributed by atoms with van der Waals surface area (Å²) in [6, 6.07) is 0. The molecule has 0 radical (unpaired) electrons. The van der Waals surface area contributed by atoms with Gasteiger partial charge in [-0.2, -0.15) is 0 Å². The van der Waals surface area contributed by atoms with Crippen LogP contribution in [0.3, 0.4) is 0 Å². The topological polar surface area (TPSA) is 52.3 Å². The normalized spacial score (nSPS) is 12.1. The fraction of sp³-hybridized carbons (Fsp3) is 0.500. The summed E-state index contributed by atoms with van der Waals surface area (Å²) in [7, 11) is 0. The molecule has 88 valence electrons. The zero-order chi connectivity index (χ0) is 12.3. The smallest absolute Gasteiger partial charge is 0.331 e. The summed E-state index contributed by atoms with van der Waals surface area (Å²) in [6.07, 6.45) is 3.05. The van der Waals surface area contributed by atoms with Gasteiger partial charge in [0.25, 0.3) is 0 Å². The van der Waals surface area contributed by atoms with E-state index in [4.69, 9.17) is 9.26 Å². The Morgan fingerprint density at radius 1 is 1.38 bits per heavy atom. The lowest BCUT2D eigenvalue weighted by atomic mass is 10.2. The Bertz CT molecular complexity index is 391. The van der Waals surface area contributed by atoms with E-state index in [0.29, 0.717) is 5.76 Å². The number of ether oxygens (including phenoxy) is 1. The van der Waals surface area contributed by atoms with Crippen LogP contribution in [0.2, 0.25) is 0 Å². The molecule has 4 heteroatoms. The van der Waals surface area contributed by atoms with Gasteiger partial charge < -0.3 is 9.26 Å². The first-order chi connectivity index (χ1) is 7.29. The number of carbonyl (C=O) groups is 1. The van der Waals surface area contributed by atoms with E-state index in [1.807, 2.05) is 27.7 Å². The summed E-state index contributed by atoms with van der Waals surface area (Å²) >= 11 is 0. The first-order valence-electron chi connectivity index (χ1n) is 5.13. The molecular weight excluding hydrogens is 206 g/mol. The lowest BCUT2D eigenvalue weighted by Crippen LogP contribution is -2.22. The van der Waals surface area contributed by atoms with Crippen molar-refractivity contribution in [3.63, 3.8) is 0 Å². The van der Waals surface area contributed by atoms with Gasteiger partial charge in [-0.1, -0.05) is 5.16 Å². The van der Waals surface area contributed by atoms with Crippen LogP contribution in [-0.4, -0.2) is 16.7 Å². The molecule has 0 aromatic carbocycles. The van der Waals surface area contributed by atoms with E-state index in [0.717, 1.165) is 11.3 Å². The number of hydrogen-bond acceptors (Lipinski definition) is 4. The van der Waals surface area contributed by atoms with Crippen LogP contribution in [0.15, 0.2) is 10.6 Å². The molecule has 0 bridgehead atoms. The molecule has 0 atom stereocenters. The van der Waals surface area contributed by atoms with Gasteiger partial charge in [0.15, 0.2) is 0 Å². The molecule has 0 saturated heterocycles. The van der Waals surface area contributed by atoms with Crippen LogP contribution < -0.4 is 0 Å². The van der Waals surface area contributed by atoms with Crippen LogP contribution in [0.4, 0.5) is 0 Å². The molecule has 0 spiro atoms. The number of esters is 1. The number of aromatic nitrogens is 1. The van der Waals surface area contributed by atoms with Gasteiger partial charge in [0.2, 0.25) is 0 Å². The van der Waals surface area contributed by atoms with Crippen molar-refractivity contribution in [3.05, 3.63) is 23.1 Å². The molecule has 0 fully saturated rings. The predicted octanol–water partition coefficient (Wildman–Crippen LogP) is 2.65. The van der Waals surface area contributed by atoms with Crippen molar-refractivity contribution in [1.82, 2.24) is 5.16 Å². The molecule has 1 aromatic rings. The van der Waals surface area contributed by atoms with Crippen LogP contribution in [0.5, 0.6) is 0 Å². The Balaban J connectivity index is 2.71. The second kappa shape index (κ2) is 4.51. The van der Waals surface area contributed by atoms with E-state index in [1.54, 1.807) is 13.0 Å². The highest BCUT2D eigenvalue weighted by atomic mass is 16.6. The van der Waals surface area contributed by atoms with Gasteiger partial charge in [-0.15, -0.1) is 0 Å². The third kappa shape index (κ3) is 3.53. The predicted molar refractivity (Wildman–Crippen MR) is 60.9 cm³/mol. The van der Waals surface area contributed by atoms with Crippen LogP contribution in [-0.2, 0) is 9.53 Å². The van der Waals surface area contributed by atoms with Gasteiger partial charge in [-0.05, 0) is 40.7 Å². The lowest BCUT2D eigenvalue weighted by molar-refractivity contribution is -0.148. The Labute approximate surface area is 95.3 Å². The highest BCUT2D eigenvalue weighted by Gasteiger charge is 2.14. The van der Waals surface area contributed by atoms with Crippen molar-refractivity contribution in [2.75, 3.05) is 0 Å². The summed E-state index contributed by atoms with van der Waals surface area (Å²) in [5, 5.41) is 3.79. The van der Waals surface area contributed by atoms with E-state index in [2.05, 4.69) is 5.16 Å². The van der Waals surface area contributed by atoms with Gasteiger partial charge in [0.1, 0.15) is 11.4 Å². The fourth-order valence-corrected chi connectivity index (χ4v) is 1.22.